The molecule has 1 aliphatic rings. The van der Waals surface area contributed by atoms with E-state index in [9.17, 15) is 0 Å². The Labute approximate surface area is 209 Å². The van der Waals surface area contributed by atoms with E-state index in [4.69, 9.17) is 4.98 Å². The summed E-state index contributed by atoms with van der Waals surface area (Å²) in [6, 6.07) is 14.7. The number of aromatic nitrogens is 6. The molecule has 36 heavy (non-hydrogen) atoms. The molecule has 0 amide bonds. The fourth-order valence-electron chi connectivity index (χ4n) is 4.83. The summed E-state index contributed by atoms with van der Waals surface area (Å²) in [4.78, 5) is 20.6. The molecule has 0 radical (unpaired) electrons. The van der Waals surface area contributed by atoms with Gasteiger partial charge in [0.25, 0.3) is 0 Å². The van der Waals surface area contributed by atoms with Crippen LogP contribution in [-0.4, -0.2) is 54.7 Å². The minimum atomic E-state index is 0.0452. The molecule has 2 N–H and O–H groups in total. The van der Waals surface area contributed by atoms with Crippen LogP contribution in [0.4, 0.5) is 17.3 Å². The molecule has 9 heteroatoms. The molecule has 182 valence electrons. The zero-order valence-corrected chi connectivity index (χ0v) is 20.7. The van der Waals surface area contributed by atoms with E-state index in [-0.39, 0.29) is 5.54 Å². The molecular formula is C27H29N9. The molecule has 1 aliphatic heterocycles. The summed E-state index contributed by atoms with van der Waals surface area (Å²) in [6.45, 7) is 9.32. The van der Waals surface area contributed by atoms with Crippen molar-refractivity contribution >= 4 is 34.0 Å². The molecule has 1 aromatic carbocycles. The molecule has 0 aliphatic carbocycles. The van der Waals surface area contributed by atoms with Crippen molar-refractivity contribution in [1.29, 1.82) is 0 Å². The summed E-state index contributed by atoms with van der Waals surface area (Å²) < 4.78 is 1.78. The van der Waals surface area contributed by atoms with Gasteiger partial charge in [-0.05, 0) is 80.3 Å². The van der Waals surface area contributed by atoms with Gasteiger partial charge in [-0.15, -0.1) is 0 Å². The van der Waals surface area contributed by atoms with Gasteiger partial charge in [0.1, 0.15) is 24.0 Å². The Morgan fingerprint density at radius 2 is 1.94 bits per heavy atom. The van der Waals surface area contributed by atoms with Crippen molar-refractivity contribution < 1.29 is 0 Å². The Balaban J connectivity index is 1.25. The van der Waals surface area contributed by atoms with Crippen molar-refractivity contribution in [3.63, 3.8) is 0 Å². The van der Waals surface area contributed by atoms with Crippen molar-refractivity contribution in [3.05, 3.63) is 78.0 Å². The molecule has 4 aromatic heterocycles. The van der Waals surface area contributed by atoms with Gasteiger partial charge in [0.2, 0.25) is 0 Å². The van der Waals surface area contributed by atoms with Crippen LogP contribution in [0.15, 0.2) is 61.3 Å². The van der Waals surface area contributed by atoms with Gasteiger partial charge >= 0.3 is 0 Å². The minimum Gasteiger partial charge on any atom is -0.353 e. The van der Waals surface area contributed by atoms with Crippen LogP contribution in [0, 0.1) is 6.92 Å². The van der Waals surface area contributed by atoms with Gasteiger partial charge in [-0.25, -0.2) is 24.5 Å². The number of nitrogens with zero attached hydrogens (tertiary/aromatic N) is 7. The summed E-state index contributed by atoms with van der Waals surface area (Å²) in [5.41, 5.74) is 7.14. The summed E-state index contributed by atoms with van der Waals surface area (Å²) in [7, 11) is 0. The van der Waals surface area contributed by atoms with E-state index in [1.54, 1.807) is 17.2 Å². The minimum absolute atomic E-state index is 0.0452. The van der Waals surface area contributed by atoms with Crippen LogP contribution >= 0.6 is 0 Å². The first kappa shape index (κ1) is 22.4. The number of hydrogen-bond acceptors (Lipinski definition) is 8. The van der Waals surface area contributed by atoms with Crippen LogP contribution < -0.4 is 15.5 Å². The molecular weight excluding hydrogens is 450 g/mol. The van der Waals surface area contributed by atoms with Gasteiger partial charge in [-0.3, -0.25) is 0 Å². The highest BCUT2D eigenvalue weighted by Gasteiger charge is 2.26. The third-order valence-corrected chi connectivity index (χ3v) is 6.71. The van der Waals surface area contributed by atoms with Crippen molar-refractivity contribution in [2.75, 3.05) is 29.9 Å². The molecule has 0 bridgehead atoms. The third-order valence-electron chi connectivity index (χ3n) is 6.71. The maximum Gasteiger partial charge on any atom is 0.160 e. The molecule has 0 saturated carbocycles. The molecule has 5 aromatic rings. The topological polar surface area (TPSA) is 96.2 Å². The maximum atomic E-state index is 4.97. The first-order valence-electron chi connectivity index (χ1n) is 12.2. The number of anilines is 3. The lowest BCUT2D eigenvalue weighted by Gasteiger charge is -2.39. The van der Waals surface area contributed by atoms with Crippen LogP contribution in [0.1, 0.15) is 30.5 Å². The molecule has 6 rings (SSSR count). The lowest BCUT2D eigenvalue weighted by Crippen LogP contribution is -2.57. The number of aryl methyl sites for hydroxylation is 1. The lowest BCUT2D eigenvalue weighted by atomic mass is 10.0. The first-order valence-corrected chi connectivity index (χ1v) is 12.2. The zero-order chi connectivity index (χ0) is 24.7. The maximum absolute atomic E-state index is 4.97. The van der Waals surface area contributed by atoms with Gasteiger partial charge in [-0.1, -0.05) is 6.07 Å². The fourth-order valence-corrected chi connectivity index (χ4v) is 4.83. The summed E-state index contributed by atoms with van der Waals surface area (Å²) >= 11 is 0. The van der Waals surface area contributed by atoms with E-state index in [2.05, 4.69) is 92.8 Å². The SMILES string of the molecule is Cc1cc(Nc2ncnc3ccc(N4CCNC(C)(C)C4)nc23)ccc1Cc1ccn2ncnc2c1. The summed E-state index contributed by atoms with van der Waals surface area (Å²) in [5.74, 6) is 1.66. The largest absolute Gasteiger partial charge is 0.353 e. The van der Waals surface area contributed by atoms with Crippen molar-refractivity contribution in [2.24, 2.45) is 0 Å². The predicted octanol–water partition coefficient (Wildman–Crippen LogP) is 3.90. The van der Waals surface area contributed by atoms with Gasteiger partial charge in [0.15, 0.2) is 11.5 Å². The van der Waals surface area contributed by atoms with Gasteiger partial charge in [-0.2, -0.15) is 5.10 Å². The number of benzene rings is 1. The highest BCUT2D eigenvalue weighted by Crippen LogP contribution is 2.27. The Bertz CT molecular complexity index is 1560. The third kappa shape index (κ3) is 4.45. The normalized spacial score (nSPS) is 15.5. The van der Waals surface area contributed by atoms with E-state index in [1.807, 2.05) is 12.3 Å². The standard InChI is InChI=1S/C27H29N9/c1-18-12-21(5-4-20(18)13-19-8-10-36-24(14-19)29-17-32-36)33-26-25-22(28-16-30-26)6-7-23(34-25)35-11-9-31-27(2,3)15-35/h4-8,10,12,14,16-17,31H,9,11,13,15H2,1-3H3,(H,28,30,33). The first-order chi connectivity index (χ1) is 17.4. The fraction of sp³-hybridized carbons (Fsp3) is 0.296. The number of rotatable bonds is 5. The molecule has 0 atom stereocenters. The monoisotopic (exact) mass is 479 g/mol. The molecule has 0 spiro atoms. The number of fused-ring (bicyclic) bond motifs is 2. The average Bonchev–Trinajstić information content (AvgIpc) is 3.33. The second kappa shape index (κ2) is 8.83. The molecule has 1 fully saturated rings. The second-order valence-electron chi connectivity index (χ2n) is 10.0. The number of nitrogens with one attached hydrogen (secondary N) is 2. The zero-order valence-electron chi connectivity index (χ0n) is 20.7. The molecule has 5 heterocycles. The van der Waals surface area contributed by atoms with Crippen molar-refractivity contribution in [2.45, 2.75) is 32.7 Å². The van der Waals surface area contributed by atoms with Gasteiger partial charge in [0, 0.05) is 37.1 Å². The Kier molecular flexibility index (Phi) is 5.49. The van der Waals surface area contributed by atoms with Crippen LogP contribution in [0.2, 0.25) is 0 Å². The van der Waals surface area contributed by atoms with E-state index < -0.39 is 0 Å². The van der Waals surface area contributed by atoms with Crippen molar-refractivity contribution in [3.8, 4) is 0 Å². The number of hydrogen-bond donors (Lipinski definition) is 2. The Morgan fingerprint density at radius 1 is 1.03 bits per heavy atom. The number of piperazine rings is 1. The number of pyridine rings is 2. The van der Waals surface area contributed by atoms with Crippen LogP contribution in [-0.2, 0) is 6.42 Å². The smallest absolute Gasteiger partial charge is 0.160 e. The molecule has 0 unspecified atom stereocenters. The van der Waals surface area contributed by atoms with Gasteiger partial charge in [0.05, 0.1) is 5.52 Å². The van der Waals surface area contributed by atoms with Crippen molar-refractivity contribution in [1.82, 2.24) is 34.9 Å². The Hall–Kier alpha value is -4.11. The van der Waals surface area contributed by atoms with E-state index >= 15 is 0 Å². The Morgan fingerprint density at radius 3 is 2.81 bits per heavy atom. The van der Waals surface area contributed by atoms with Gasteiger partial charge < -0.3 is 15.5 Å². The summed E-state index contributed by atoms with van der Waals surface area (Å²) in [6.07, 6.45) is 5.94. The summed E-state index contributed by atoms with van der Waals surface area (Å²) in [5, 5.41) is 11.2. The second-order valence-corrected chi connectivity index (χ2v) is 10.0. The highest BCUT2D eigenvalue weighted by atomic mass is 15.3. The molecule has 9 nitrogen and oxygen atoms in total. The van der Waals surface area contributed by atoms with E-state index in [0.717, 1.165) is 54.2 Å². The van der Waals surface area contributed by atoms with Crippen LogP contribution in [0.25, 0.3) is 16.7 Å². The highest BCUT2D eigenvalue weighted by molar-refractivity contribution is 5.88. The molecule has 1 saturated heterocycles. The van der Waals surface area contributed by atoms with E-state index in [1.165, 1.54) is 16.7 Å². The lowest BCUT2D eigenvalue weighted by molar-refractivity contribution is 0.352. The predicted molar refractivity (Wildman–Crippen MR) is 142 cm³/mol. The van der Waals surface area contributed by atoms with E-state index in [0.29, 0.717) is 5.82 Å². The van der Waals surface area contributed by atoms with Crippen LogP contribution in [0.5, 0.6) is 0 Å². The van der Waals surface area contributed by atoms with Crippen LogP contribution in [0.3, 0.4) is 0 Å². The average molecular weight is 480 g/mol. The quantitative estimate of drug-likeness (QED) is 0.392.